The Hall–Kier alpha value is -0.780. The number of thiophene rings is 1. The molecule has 1 atom stereocenters. The number of hydrogen-bond donors (Lipinski definition) is 1. The number of nitrogens with one attached hydrogen (secondary N) is 1. The van der Waals surface area contributed by atoms with Crippen molar-refractivity contribution in [3.05, 3.63) is 56.2 Å². The van der Waals surface area contributed by atoms with Crippen molar-refractivity contribution in [1.82, 2.24) is 5.32 Å². The van der Waals surface area contributed by atoms with Gasteiger partial charge in [0, 0.05) is 10.9 Å². The summed E-state index contributed by atoms with van der Waals surface area (Å²) in [6.07, 6.45) is 0.435. The molecule has 0 saturated heterocycles. The molecular formula is C14H14BrF2NS. The van der Waals surface area contributed by atoms with Gasteiger partial charge in [0.05, 0.1) is 3.79 Å². The summed E-state index contributed by atoms with van der Waals surface area (Å²) in [7, 11) is 0. The van der Waals surface area contributed by atoms with Crippen LogP contribution in [-0.4, -0.2) is 6.54 Å². The molecule has 2 aromatic rings. The SMILES string of the molecule is CCNC(Cc1cc(F)ccc1F)c1ccc(Br)s1. The smallest absolute Gasteiger partial charge is 0.126 e. The number of halogens is 3. The molecule has 2 rings (SSSR count). The highest BCUT2D eigenvalue weighted by Gasteiger charge is 2.16. The van der Waals surface area contributed by atoms with Crippen LogP contribution in [0.1, 0.15) is 23.4 Å². The van der Waals surface area contributed by atoms with E-state index in [2.05, 4.69) is 21.2 Å². The van der Waals surface area contributed by atoms with Crippen molar-refractivity contribution in [3.8, 4) is 0 Å². The van der Waals surface area contributed by atoms with Gasteiger partial charge in [0.25, 0.3) is 0 Å². The Bertz CT molecular complexity index is 556. The second kappa shape index (κ2) is 6.59. The first-order valence-corrected chi connectivity index (χ1v) is 7.63. The summed E-state index contributed by atoms with van der Waals surface area (Å²) < 4.78 is 27.9. The van der Waals surface area contributed by atoms with E-state index >= 15 is 0 Å². The summed E-state index contributed by atoms with van der Waals surface area (Å²) in [5.74, 6) is -0.765. The second-order valence-electron chi connectivity index (χ2n) is 4.19. The largest absolute Gasteiger partial charge is 0.309 e. The van der Waals surface area contributed by atoms with E-state index < -0.39 is 5.82 Å². The molecule has 0 spiro atoms. The van der Waals surface area contributed by atoms with Gasteiger partial charge in [0.2, 0.25) is 0 Å². The monoisotopic (exact) mass is 345 g/mol. The molecule has 0 saturated carbocycles. The molecule has 0 radical (unpaired) electrons. The molecule has 102 valence electrons. The predicted molar refractivity (Wildman–Crippen MR) is 78.5 cm³/mol. The van der Waals surface area contributed by atoms with Crippen LogP contribution in [0, 0.1) is 11.6 Å². The standard InChI is InChI=1S/C14H14BrF2NS/c1-2-18-12(13-5-6-14(15)19-13)8-9-7-10(16)3-4-11(9)17/h3-7,12,18H,2,8H2,1H3. The van der Waals surface area contributed by atoms with Crippen LogP contribution in [0.3, 0.4) is 0 Å². The first-order chi connectivity index (χ1) is 9.10. The highest BCUT2D eigenvalue weighted by atomic mass is 79.9. The van der Waals surface area contributed by atoms with Gasteiger partial charge in [-0.15, -0.1) is 11.3 Å². The zero-order valence-corrected chi connectivity index (χ0v) is 12.8. The highest BCUT2D eigenvalue weighted by molar-refractivity contribution is 9.11. The lowest BCUT2D eigenvalue weighted by Gasteiger charge is -2.17. The van der Waals surface area contributed by atoms with Crippen LogP contribution in [0.25, 0.3) is 0 Å². The fourth-order valence-corrected chi connectivity index (χ4v) is 3.45. The topological polar surface area (TPSA) is 12.0 Å². The summed E-state index contributed by atoms with van der Waals surface area (Å²) >= 11 is 5.02. The molecule has 0 fully saturated rings. The Labute approximate surface area is 123 Å². The quantitative estimate of drug-likeness (QED) is 0.829. The average molecular weight is 346 g/mol. The minimum atomic E-state index is -0.404. The van der Waals surface area contributed by atoms with E-state index in [1.165, 1.54) is 12.1 Å². The van der Waals surface area contributed by atoms with Crippen molar-refractivity contribution < 1.29 is 8.78 Å². The molecule has 5 heteroatoms. The predicted octanol–water partition coefficient (Wildman–Crippen LogP) is 4.68. The maximum Gasteiger partial charge on any atom is 0.126 e. The van der Waals surface area contributed by atoms with Gasteiger partial charge in [0.1, 0.15) is 11.6 Å². The van der Waals surface area contributed by atoms with Crippen LogP contribution in [-0.2, 0) is 6.42 Å². The zero-order chi connectivity index (χ0) is 13.8. The van der Waals surface area contributed by atoms with E-state index in [1.54, 1.807) is 11.3 Å². The van der Waals surface area contributed by atoms with Crippen molar-refractivity contribution in [2.75, 3.05) is 6.54 Å². The Balaban J connectivity index is 2.23. The van der Waals surface area contributed by atoms with Crippen LogP contribution >= 0.6 is 27.3 Å². The maximum atomic E-state index is 13.7. The Kier molecular flexibility index (Phi) is 5.07. The Morgan fingerprint density at radius 1 is 1.26 bits per heavy atom. The van der Waals surface area contributed by atoms with E-state index in [9.17, 15) is 8.78 Å². The van der Waals surface area contributed by atoms with Crippen molar-refractivity contribution >= 4 is 27.3 Å². The van der Waals surface area contributed by atoms with Crippen LogP contribution in [0.2, 0.25) is 0 Å². The minimum absolute atomic E-state index is 0.00222. The third-order valence-corrected chi connectivity index (χ3v) is 4.56. The van der Waals surface area contributed by atoms with Crippen LogP contribution < -0.4 is 5.32 Å². The Morgan fingerprint density at radius 2 is 2.05 bits per heavy atom. The highest BCUT2D eigenvalue weighted by Crippen LogP contribution is 2.30. The van der Waals surface area contributed by atoms with E-state index in [1.807, 2.05) is 19.1 Å². The van der Waals surface area contributed by atoms with Gasteiger partial charge in [-0.2, -0.15) is 0 Å². The molecule has 1 aromatic carbocycles. The normalized spacial score (nSPS) is 12.6. The van der Waals surface area contributed by atoms with Crippen molar-refractivity contribution in [3.63, 3.8) is 0 Å². The number of rotatable bonds is 5. The molecule has 0 bridgehead atoms. The van der Waals surface area contributed by atoms with Gasteiger partial charge in [-0.3, -0.25) is 0 Å². The molecule has 0 aliphatic carbocycles. The molecule has 1 nitrogen and oxygen atoms in total. The summed E-state index contributed by atoms with van der Waals surface area (Å²) in [5, 5.41) is 3.31. The molecule has 1 N–H and O–H groups in total. The lowest BCUT2D eigenvalue weighted by atomic mass is 10.0. The lowest BCUT2D eigenvalue weighted by molar-refractivity contribution is 0.527. The second-order valence-corrected chi connectivity index (χ2v) is 6.69. The fraction of sp³-hybridized carbons (Fsp3) is 0.286. The van der Waals surface area contributed by atoms with Gasteiger partial charge >= 0.3 is 0 Å². The van der Waals surface area contributed by atoms with Crippen molar-refractivity contribution in [1.29, 1.82) is 0 Å². The van der Waals surface area contributed by atoms with E-state index in [0.29, 0.717) is 12.0 Å². The molecule has 1 aromatic heterocycles. The first kappa shape index (κ1) is 14.6. The maximum absolute atomic E-state index is 13.7. The molecule has 0 aliphatic rings. The first-order valence-electron chi connectivity index (χ1n) is 6.02. The number of hydrogen-bond acceptors (Lipinski definition) is 2. The summed E-state index contributed by atoms with van der Waals surface area (Å²) in [5.41, 5.74) is 0.399. The van der Waals surface area contributed by atoms with E-state index in [-0.39, 0.29) is 11.9 Å². The van der Waals surface area contributed by atoms with Crippen molar-refractivity contribution in [2.45, 2.75) is 19.4 Å². The fourth-order valence-electron chi connectivity index (χ4n) is 1.95. The van der Waals surface area contributed by atoms with Crippen LogP contribution in [0.4, 0.5) is 8.78 Å². The van der Waals surface area contributed by atoms with Gasteiger partial charge in [-0.1, -0.05) is 6.92 Å². The van der Waals surface area contributed by atoms with E-state index in [4.69, 9.17) is 0 Å². The number of likely N-dealkylation sites (N-methyl/N-ethyl adjacent to an activating group) is 1. The lowest BCUT2D eigenvalue weighted by Crippen LogP contribution is -2.22. The van der Waals surface area contributed by atoms with E-state index in [0.717, 1.165) is 21.3 Å². The third-order valence-electron chi connectivity index (χ3n) is 2.82. The average Bonchev–Trinajstić information content (AvgIpc) is 2.80. The van der Waals surface area contributed by atoms with Gasteiger partial charge in [-0.05, 0) is 64.8 Å². The summed E-state index contributed by atoms with van der Waals surface area (Å²) in [6.45, 7) is 2.77. The van der Waals surface area contributed by atoms with Gasteiger partial charge in [0.15, 0.2) is 0 Å². The molecule has 0 amide bonds. The summed E-state index contributed by atoms with van der Waals surface area (Å²) in [6, 6.07) is 7.55. The van der Waals surface area contributed by atoms with Crippen LogP contribution in [0.15, 0.2) is 34.1 Å². The molecule has 19 heavy (non-hydrogen) atoms. The third kappa shape index (κ3) is 3.84. The molecular weight excluding hydrogens is 332 g/mol. The van der Waals surface area contributed by atoms with Crippen molar-refractivity contribution in [2.24, 2.45) is 0 Å². The van der Waals surface area contributed by atoms with Crippen LogP contribution in [0.5, 0.6) is 0 Å². The zero-order valence-electron chi connectivity index (χ0n) is 10.4. The molecule has 1 unspecified atom stereocenters. The summed E-state index contributed by atoms with van der Waals surface area (Å²) in [4.78, 5) is 1.11. The minimum Gasteiger partial charge on any atom is -0.309 e. The van der Waals surface area contributed by atoms with Gasteiger partial charge in [-0.25, -0.2) is 8.78 Å². The molecule has 1 heterocycles. The molecule has 0 aliphatic heterocycles. The Morgan fingerprint density at radius 3 is 2.68 bits per heavy atom. The number of benzene rings is 1. The van der Waals surface area contributed by atoms with Gasteiger partial charge < -0.3 is 5.32 Å².